The molecule has 0 radical (unpaired) electrons. The molecule has 1 aliphatic rings. The van der Waals surface area contributed by atoms with Gasteiger partial charge in [0, 0.05) is 11.6 Å². The molecule has 0 spiro atoms. The first-order valence-corrected chi connectivity index (χ1v) is 6.97. The van der Waals surface area contributed by atoms with Gasteiger partial charge >= 0.3 is 6.18 Å². The van der Waals surface area contributed by atoms with Crippen LogP contribution in [0.2, 0.25) is 5.02 Å². The normalized spacial score (nSPS) is 16.8. The maximum Gasteiger partial charge on any atom is 0.416 e. The molecule has 0 aromatic heterocycles. The van der Waals surface area contributed by atoms with Crippen molar-refractivity contribution in [1.29, 1.82) is 0 Å². The summed E-state index contributed by atoms with van der Waals surface area (Å²) in [6.45, 7) is 5.51. The summed E-state index contributed by atoms with van der Waals surface area (Å²) in [6.07, 6.45) is -2.63. The molecule has 0 aliphatic carbocycles. The molecule has 0 amide bonds. The minimum atomic E-state index is -4.47. The van der Waals surface area contributed by atoms with E-state index in [0.29, 0.717) is 12.4 Å². The monoisotopic (exact) mass is 320 g/mol. The largest absolute Gasteiger partial charge is 0.492 e. The third kappa shape index (κ3) is 3.46. The lowest BCUT2D eigenvalue weighted by Gasteiger charge is -2.32. The van der Waals surface area contributed by atoms with Crippen LogP contribution in [0.4, 0.5) is 13.2 Å². The van der Waals surface area contributed by atoms with E-state index in [1.165, 1.54) is 12.1 Å². The van der Waals surface area contributed by atoms with Crippen LogP contribution in [0.3, 0.4) is 0 Å². The van der Waals surface area contributed by atoms with Gasteiger partial charge in [-0.2, -0.15) is 13.2 Å². The summed E-state index contributed by atoms with van der Waals surface area (Å²) in [6, 6.07) is 2.67. The van der Waals surface area contributed by atoms with Crippen LogP contribution in [-0.2, 0) is 0 Å². The van der Waals surface area contributed by atoms with Crippen molar-refractivity contribution in [2.24, 2.45) is 0 Å². The summed E-state index contributed by atoms with van der Waals surface area (Å²) in [5.41, 5.74) is -1.85. The zero-order valence-electron chi connectivity index (χ0n) is 12.0. The lowest BCUT2D eigenvalue weighted by atomic mass is 9.94. The Balaban J connectivity index is 2.53. The van der Waals surface area contributed by atoms with Crippen molar-refractivity contribution in [2.45, 2.75) is 39.0 Å². The minimum absolute atomic E-state index is 0.0596. The average Bonchev–Trinajstić information content (AvgIpc) is 2.34. The van der Waals surface area contributed by atoms with Gasteiger partial charge in [0.1, 0.15) is 17.1 Å². The summed E-state index contributed by atoms with van der Waals surface area (Å²) < 4.78 is 50.6. The Morgan fingerprint density at radius 2 is 1.95 bits per heavy atom. The first-order chi connectivity index (χ1) is 9.64. The zero-order valence-corrected chi connectivity index (χ0v) is 12.7. The van der Waals surface area contributed by atoms with E-state index >= 15 is 0 Å². The average molecular weight is 321 g/mol. The Labute approximate surface area is 126 Å². The molecule has 1 aromatic rings. The highest BCUT2D eigenvalue weighted by molar-refractivity contribution is 6.32. The van der Waals surface area contributed by atoms with Gasteiger partial charge in [-0.15, -0.1) is 0 Å². The summed E-state index contributed by atoms with van der Waals surface area (Å²) in [4.78, 5) is 0. The van der Waals surface area contributed by atoms with Gasteiger partial charge in [0.05, 0.1) is 17.2 Å². The second-order valence-corrected chi connectivity index (χ2v) is 5.80. The Morgan fingerprint density at radius 1 is 1.29 bits per heavy atom. The molecular weight excluding hydrogens is 305 g/mol. The summed E-state index contributed by atoms with van der Waals surface area (Å²) in [7, 11) is 0. The molecule has 1 aromatic carbocycles. The number of rotatable bonds is 3. The van der Waals surface area contributed by atoms with E-state index in [-0.39, 0.29) is 16.3 Å². The lowest BCUT2D eigenvalue weighted by Crippen LogP contribution is -2.31. The zero-order chi connectivity index (χ0) is 15.8. The molecule has 0 fully saturated rings. The fourth-order valence-electron chi connectivity index (χ4n) is 2.13. The number of halogens is 4. The van der Waals surface area contributed by atoms with E-state index < -0.39 is 17.4 Å². The molecule has 0 atom stereocenters. The third-order valence-corrected chi connectivity index (χ3v) is 3.25. The Morgan fingerprint density at radius 3 is 2.52 bits per heavy atom. The van der Waals surface area contributed by atoms with Gasteiger partial charge < -0.3 is 9.47 Å². The minimum Gasteiger partial charge on any atom is -0.492 e. The Bertz CT molecular complexity index is 577. The Kier molecular flexibility index (Phi) is 4.15. The van der Waals surface area contributed by atoms with Crippen LogP contribution in [0.25, 0.3) is 5.57 Å². The van der Waals surface area contributed by atoms with E-state index in [2.05, 4.69) is 0 Å². The van der Waals surface area contributed by atoms with Gasteiger partial charge in [-0.25, -0.2) is 0 Å². The second-order valence-electron chi connectivity index (χ2n) is 5.39. The fourth-order valence-corrected chi connectivity index (χ4v) is 2.34. The van der Waals surface area contributed by atoms with E-state index in [0.717, 1.165) is 12.5 Å². The summed E-state index contributed by atoms with van der Waals surface area (Å²) in [5.74, 6) is 0.460. The molecule has 1 heterocycles. The Hall–Kier alpha value is -1.36. The number of ether oxygens (including phenoxy) is 2. The molecule has 21 heavy (non-hydrogen) atoms. The van der Waals surface area contributed by atoms with Crippen molar-refractivity contribution in [1.82, 2.24) is 0 Å². The fraction of sp³-hybridized carbons (Fsp3) is 0.467. The van der Waals surface area contributed by atoms with Gasteiger partial charge in [-0.05, 0) is 32.4 Å². The number of hydrogen-bond acceptors (Lipinski definition) is 2. The SMILES string of the molecule is CCCOc1cc2c(cc1Cl)C(C(F)(F)F)=CC(C)(C)O2. The first kappa shape index (κ1) is 16.0. The molecule has 0 N–H and O–H groups in total. The van der Waals surface area contributed by atoms with Crippen LogP contribution in [0, 0.1) is 0 Å². The highest BCUT2D eigenvalue weighted by Crippen LogP contribution is 2.47. The van der Waals surface area contributed by atoms with Crippen LogP contribution in [0.1, 0.15) is 32.8 Å². The lowest BCUT2D eigenvalue weighted by molar-refractivity contribution is -0.0708. The van der Waals surface area contributed by atoms with Crippen molar-refractivity contribution < 1.29 is 22.6 Å². The van der Waals surface area contributed by atoms with Crippen LogP contribution >= 0.6 is 11.6 Å². The number of alkyl halides is 3. The van der Waals surface area contributed by atoms with E-state index in [1.807, 2.05) is 6.92 Å². The molecule has 2 rings (SSSR count). The van der Waals surface area contributed by atoms with Crippen molar-refractivity contribution >= 4 is 17.2 Å². The van der Waals surface area contributed by atoms with Crippen LogP contribution < -0.4 is 9.47 Å². The van der Waals surface area contributed by atoms with Crippen molar-refractivity contribution in [3.8, 4) is 11.5 Å². The highest BCUT2D eigenvalue weighted by atomic mass is 35.5. The second kappa shape index (κ2) is 5.44. The van der Waals surface area contributed by atoms with Gasteiger partial charge in [-0.3, -0.25) is 0 Å². The third-order valence-electron chi connectivity index (χ3n) is 2.96. The van der Waals surface area contributed by atoms with Crippen LogP contribution in [0.15, 0.2) is 18.2 Å². The molecular formula is C15H16ClF3O2. The maximum absolute atomic E-state index is 13.2. The summed E-state index contributed by atoms with van der Waals surface area (Å²) in [5, 5.41) is 0.139. The van der Waals surface area contributed by atoms with Crippen molar-refractivity contribution in [2.75, 3.05) is 6.61 Å². The highest BCUT2D eigenvalue weighted by Gasteiger charge is 2.41. The quantitative estimate of drug-likeness (QED) is 0.757. The van der Waals surface area contributed by atoms with Crippen LogP contribution in [0.5, 0.6) is 11.5 Å². The van der Waals surface area contributed by atoms with Crippen LogP contribution in [-0.4, -0.2) is 18.4 Å². The number of allylic oxidation sites excluding steroid dienone is 1. The molecule has 6 heteroatoms. The molecule has 0 bridgehead atoms. The van der Waals surface area contributed by atoms with Gasteiger partial charge in [-0.1, -0.05) is 18.5 Å². The number of benzene rings is 1. The van der Waals surface area contributed by atoms with Crippen molar-refractivity contribution in [3.63, 3.8) is 0 Å². The topological polar surface area (TPSA) is 18.5 Å². The van der Waals surface area contributed by atoms with Gasteiger partial charge in [0.2, 0.25) is 0 Å². The van der Waals surface area contributed by atoms with Gasteiger partial charge in [0.15, 0.2) is 0 Å². The van der Waals surface area contributed by atoms with E-state index in [1.54, 1.807) is 13.8 Å². The number of hydrogen-bond donors (Lipinski definition) is 0. The van der Waals surface area contributed by atoms with Crippen molar-refractivity contribution in [3.05, 3.63) is 28.8 Å². The molecule has 2 nitrogen and oxygen atoms in total. The van der Waals surface area contributed by atoms with E-state index in [4.69, 9.17) is 21.1 Å². The standard InChI is InChI=1S/C15H16ClF3O2/c1-4-5-20-13-7-12-9(6-11(13)16)10(15(17,18)19)8-14(2,3)21-12/h6-8H,4-5H2,1-3H3. The molecule has 0 saturated heterocycles. The smallest absolute Gasteiger partial charge is 0.416 e. The van der Waals surface area contributed by atoms with Gasteiger partial charge in [0.25, 0.3) is 0 Å². The number of fused-ring (bicyclic) bond motifs is 1. The molecule has 0 unspecified atom stereocenters. The molecule has 0 saturated carbocycles. The predicted molar refractivity (Wildman–Crippen MR) is 76.0 cm³/mol. The summed E-state index contributed by atoms with van der Waals surface area (Å²) >= 11 is 6.01. The van der Waals surface area contributed by atoms with E-state index in [9.17, 15) is 13.2 Å². The first-order valence-electron chi connectivity index (χ1n) is 6.60. The predicted octanol–water partition coefficient (Wildman–Crippen LogP) is 5.25. The molecule has 1 aliphatic heterocycles. The maximum atomic E-state index is 13.2. The molecule has 116 valence electrons.